The molecule has 3 atom stereocenters. The summed E-state index contributed by atoms with van der Waals surface area (Å²) in [6, 6.07) is 15.1. The van der Waals surface area contributed by atoms with Crippen LogP contribution in [0.15, 0.2) is 53.0 Å². The fourth-order valence-electron chi connectivity index (χ4n) is 5.00. The number of rotatable bonds is 1. The number of para-hydroxylation sites is 1. The van der Waals surface area contributed by atoms with Crippen LogP contribution in [0, 0.1) is 0 Å². The van der Waals surface area contributed by atoms with E-state index < -0.39 is 21.4 Å². The van der Waals surface area contributed by atoms with Crippen molar-refractivity contribution in [3.05, 3.63) is 64.1 Å². The van der Waals surface area contributed by atoms with Crippen molar-refractivity contribution in [3.8, 4) is 0 Å². The molecular formula is C20H16BrN3O3S. The van der Waals surface area contributed by atoms with E-state index >= 15 is 0 Å². The van der Waals surface area contributed by atoms with Crippen LogP contribution in [0.25, 0.3) is 0 Å². The zero-order valence-electron chi connectivity index (χ0n) is 14.9. The number of anilines is 1. The summed E-state index contributed by atoms with van der Waals surface area (Å²) in [5.41, 5.74) is 1.06. The Morgan fingerprint density at radius 1 is 1.07 bits per heavy atom. The van der Waals surface area contributed by atoms with E-state index in [1.54, 1.807) is 0 Å². The van der Waals surface area contributed by atoms with Gasteiger partial charge in [0.05, 0.1) is 0 Å². The molecule has 0 aliphatic carbocycles. The summed E-state index contributed by atoms with van der Waals surface area (Å²) in [5.74, 6) is -1.03. The molecule has 3 aliphatic heterocycles. The minimum absolute atomic E-state index is 0.272. The van der Waals surface area contributed by atoms with E-state index in [-0.39, 0.29) is 11.8 Å². The maximum absolute atomic E-state index is 13.5. The minimum Gasteiger partial charge on any atom is -0.324 e. The lowest BCUT2D eigenvalue weighted by Gasteiger charge is -2.41. The molecule has 2 aromatic rings. The summed E-state index contributed by atoms with van der Waals surface area (Å²) in [4.78, 5) is 41.1. The first kappa shape index (κ1) is 17.9. The molecular weight excluding hydrogens is 442 g/mol. The number of imide groups is 1. The van der Waals surface area contributed by atoms with Gasteiger partial charge in [0.25, 0.3) is 11.1 Å². The summed E-state index contributed by atoms with van der Waals surface area (Å²) < 4.78 is -0.411. The van der Waals surface area contributed by atoms with Crippen LogP contribution in [-0.4, -0.2) is 40.3 Å². The molecule has 2 spiro atoms. The van der Waals surface area contributed by atoms with Crippen molar-refractivity contribution >= 4 is 50.4 Å². The van der Waals surface area contributed by atoms with E-state index in [9.17, 15) is 14.4 Å². The van der Waals surface area contributed by atoms with Gasteiger partial charge in [0.1, 0.15) is 4.75 Å². The van der Waals surface area contributed by atoms with Crippen molar-refractivity contribution in [1.82, 2.24) is 10.2 Å². The number of hydrogen-bond acceptors (Lipinski definition) is 5. The maximum Gasteiger partial charge on any atom is 0.286 e. The van der Waals surface area contributed by atoms with Gasteiger partial charge in [-0.05, 0) is 42.6 Å². The Balaban J connectivity index is 1.82. The second-order valence-electron chi connectivity index (χ2n) is 7.28. The number of halogens is 1. The fourth-order valence-corrected chi connectivity index (χ4v) is 6.86. The van der Waals surface area contributed by atoms with Crippen LogP contribution in [0.4, 0.5) is 10.5 Å². The topological polar surface area (TPSA) is 78.5 Å². The van der Waals surface area contributed by atoms with E-state index in [0.717, 1.165) is 27.4 Å². The number of fused-ring (bicyclic) bond motifs is 3. The molecule has 28 heavy (non-hydrogen) atoms. The van der Waals surface area contributed by atoms with Gasteiger partial charge >= 0.3 is 0 Å². The van der Waals surface area contributed by atoms with Gasteiger partial charge in [-0.1, -0.05) is 46.3 Å². The quantitative estimate of drug-likeness (QED) is 0.687. The van der Waals surface area contributed by atoms with Gasteiger partial charge in [0.15, 0.2) is 5.54 Å². The zero-order chi connectivity index (χ0) is 19.7. The normalized spacial score (nSPS) is 31.5. The summed E-state index contributed by atoms with van der Waals surface area (Å²) in [7, 11) is 1.85. The number of amides is 3. The number of thioether (sulfide) groups is 1. The Bertz CT molecular complexity index is 1060. The fraction of sp³-hybridized carbons (Fsp3) is 0.250. The molecule has 5 rings (SSSR count). The Morgan fingerprint density at radius 2 is 1.86 bits per heavy atom. The van der Waals surface area contributed by atoms with Gasteiger partial charge in [-0.25, -0.2) is 0 Å². The monoisotopic (exact) mass is 457 g/mol. The van der Waals surface area contributed by atoms with Gasteiger partial charge < -0.3 is 5.32 Å². The zero-order valence-corrected chi connectivity index (χ0v) is 17.3. The minimum atomic E-state index is -1.30. The number of hydrogen-bond donors (Lipinski definition) is 2. The van der Waals surface area contributed by atoms with Crippen LogP contribution in [0.1, 0.15) is 17.0 Å². The molecule has 2 saturated heterocycles. The van der Waals surface area contributed by atoms with Gasteiger partial charge in [-0.3, -0.25) is 24.6 Å². The SMILES string of the molecule is CN1C[C@@H](c2cccc(Br)c2)[C@@]2(SC(=O)NC2=O)[C@@]12C(=O)Nc1ccccc12. The van der Waals surface area contributed by atoms with Crippen molar-refractivity contribution in [2.24, 2.45) is 0 Å². The molecule has 3 amide bonds. The van der Waals surface area contributed by atoms with Crippen LogP contribution in [-0.2, 0) is 15.1 Å². The molecule has 0 saturated carbocycles. The van der Waals surface area contributed by atoms with Gasteiger partial charge in [-0.15, -0.1) is 0 Å². The number of carbonyl (C=O) groups excluding carboxylic acids is 3. The smallest absolute Gasteiger partial charge is 0.286 e. The molecule has 0 radical (unpaired) electrons. The maximum atomic E-state index is 13.5. The highest BCUT2D eigenvalue weighted by Crippen LogP contribution is 2.64. The third-order valence-electron chi connectivity index (χ3n) is 6.01. The highest BCUT2D eigenvalue weighted by molar-refractivity contribution is 9.10. The lowest BCUT2D eigenvalue weighted by molar-refractivity contribution is -0.133. The summed E-state index contributed by atoms with van der Waals surface area (Å²) in [6.45, 7) is 0.464. The van der Waals surface area contributed by atoms with Gasteiger partial charge in [-0.2, -0.15) is 0 Å². The molecule has 2 aromatic carbocycles. The number of nitrogens with zero attached hydrogens (tertiary/aromatic N) is 1. The highest BCUT2D eigenvalue weighted by atomic mass is 79.9. The van der Waals surface area contributed by atoms with Crippen molar-refractivity contribution < 1.29 is 14.4 Å². The third-order valence-corrected chi connectivity index (χ3v) is 7.88. The van der Waals surface area contributed by atoms with Crippen LogP contribution >= 0.6 is 27.7 Å². The third kappa shape index (κ3) is 2.00. The molecule has 2 N–H and O–H groups in total. The number of likely N-dealkylation sites (N-methyl/N-ethyl adjacent to an activating group) is 1. The van der Waals surface area contributed by atoms with E-state index in [0.29, 0.717) is 12.2 Å². The molecule has 142 valence electrons. The second kappa shape index (κ2) is 5.92. The average molecular weight is 458 g/mol. The lowest BCUT2D eigenvalue weighted by atomic mass is 9.72. The number of likely N-dealkylation sites (tertiary alicyclic amines) is 1. The average Bonchev–Trinajstić information content (AvgIpc) is 3.22. The molecule has 3 aliphatic rings. The van der Waals surface area contributed by atoms with Gasteiger partial charge in [0, 0.05) is 28.2 Å². The largest absolute Gasteiger partial charge is 0.324 e. The Labute approximate surface area is 174 Å². The highest BCUT2D eigenvalue weighted by Gasteiger charge is 2.77. The standard InChI is InChI=1S/C20H16BrN3O3S/c1-24-10-14(11-5-4-6-12(21)9-11)20(17(26)23-18(27)28-20)19(24)13-7-2-3-8-15(13)22-16(19)25/h2-9,14H,10H2,1H3,(H,22,25)(H,23,26,27)/t14-,19+,20-/m0/s1. The van der Waals surface area contributed by atoms with Crippen molar-refractivity contribution in [1.29, 1.82) is 0 Å². The van der Waals surface area contributed by atoms with Crippen molar-refractivity contribution in [2.45, 2.75) is 16.2 Å². The molecule has 0 aromatic heterocycles. The van der Waals surface area contributed by atoms with E-state index in [4.69, 9.17) is 0 Å². The summed E-state index contributed by atoms with van der Waals surface area (Å²) in [6.07, 6.45) is 0. The molecule has 0 unspecified atom stereocenters. The van der Waals surface area contributed by atoms with Crippen molar-refractivity contribution in [2.75, 3.05) is 18.9 Å². The number of carbonyl (C=O) groups is 3. The van der Waals surface area contributed by atoms with Crippen molar-refractivity contribution in [3.63, 3.8) is 0 Å². The molecule has 8 heteroatoms. The Hall–Kier alpha value is -2.16. The first-order chi connectivity index (χ1) is 13.4. The van der Waals surface area contributed by atoms with Crippen LogP contribution in [0.5, 0.6) is 0 Å². The second-order valence-corrected chi connectivity index (χ2v) is 9.41. The lowest BCUT2D eigenvalue weighted by Crippen LogP contribution is -2.61. The van der Waals surface area contributed by atoms with Crippen LogP contribution in [0.3, 0.4) is 0 Å². The molecule has 3 heterocycles. The Kier molecular flexibility index (Phi) is 3.78. The number of benzene rings is 2. The summed E-state index contributed by atoms with van der Waals surface area (Å²) >= 11 is 4.44. The predicted octanol–water partition coefficient (Wildman–Crippen LogP) is 3.05. The Morgan fingerprint density at radius 3 is 2.57 bits per heavy atom. The number of nitrogens with one attached hydrogen (secondary N) is 2. The summed E-state index contributed by atoms with van der Waals surface area (Å²) in [5, 5.41) is 4.97. The first-order valence-corrected chi connectivity index (χ1v) is 10.4. The molecule has 6 nitrogen and oxygen atoms in total. The van der Waals surface area contributed by atoms with E-state index in [2.05, 4.69) is 26.6 Å². The van der Waals surface area contributed by atoms with Gasteiger partial charge in [0.2, 0.25) is 5.91 Å². The molecule has 2 fully saturated rings. The van der Waals surface area contributed by atoms with Crippen LogP contribution < -0.4 is 10.6 Å². The van der Waals surface area contributed by atoms with E-state index in [1.165, 1.54) is 0 Å². The van der Waals surface area contributed by atoms with E-state index in [1.807, 2.05) is 60.5 Å². The predicted molar refractivity (Wildman–Crippen MR) is 110 cm³/mol. The first-order valence-electron chi connectivity index (χ1n) is 8.83. The molecule has 0 bridgehead atoms. The van der Waals surface area contributed by atoms with Crippen LogP contribution in [0.2, 0.25) is 0 Å².